The fraction of sp³-hybridized carbons (Fsp3) is 0.467. The maximum atomic E-state index is 12.4. The first-order valence-electron chi connectivity index (χ1n) is 7.02. The Labute approximate surface area is 125 Å². The molecule has 0 aromatic heterocycles. The van der Waals surface area contributed by atoms with Crippen molar-refractivity contribution in [3.05, 3.63) is 35.4 Å². The predicted octanol–water partition coefficient (Wildman–Crippen LogP) is 2.06. The minimum Gasteiger partial charge on any atom is -0.343 e. The number of hydrogen-bond donors (Lipinski definition) is 1. The van der Waals surface area contributed by atoms with E-state index >= 15 is 0 Å². The van der Waals surface area contributed by atoms with E-state index in [0.717, 1.165) is 50.2 Å². The number of hydrogen-bond acceptors (Lipinski definition) is 2. The topological polar surface area (TPSA) is 49.4 Å². The van der Waals surface area contributed by atoms with E-state index in [4.69, 9.17) is 0 Å². The van der Waals surface area contributed by atoms with Crippen molar-refractivity contribution in [2.75, 3.05) is 19.6 Å². The van der Waals surface area contributed by atoms with E-state index in [1.807, 2.05) is 0 Å². The van der Waals surface area contributed by atoms with Crippen LogP contribution in [-0.4, -0.2) is 36.3 Å². The fourth-order valence-corrected chi connectivity index (χ4v) is 2.61. The molecule has 118 valence electrons. The summed E-state index contributed by atoms with van der Waals surface area (Å²) in [6.45, 7) is 1.37. The second kappa shape index (κ2) is 5.00. The van der Waals surface area contributed by atoms with Crippen LogP contribution in [-0.2, 0) is 11.0 Å². The lowest BCUT2D eigenvalue weighted by Gasteiger charge is -2.40. The van der Waals surface area contributed by atoms with Gasteiger partial charge in [-0.05, 0) is 37.1 Å². The van der Waals surface area contributed by atoms with E-state index in [9.17, 15) is 22.8 Å². The molecule has 1 heterocycles. The van der Waals surface area contributed by atoms with Gasteiger partial charge in [-0.3, -0.25) is 9.59 Å². The molecule has 1 aliphatic heterocycles. The van der Waals surface area contributed by atoms with Gasteiger partial charge in [-0.2, -0.15) is 13.2 Å². The summed E-state index contributed by atoms with van der Waals surface area (Å²) in [5.74, 6) is -0.707. The standard InChI is InChI=1S/C15H15F3N2O2/c16-15(17,18)11-3-1-10(2-4-11)13(22)19-7-12(21)20-8-14(9-20)5-6-14/h1-4H,5-9H2,(H,19,22). The summed E-state index contributed by atoms with van der Waals surface area (Å²) < 4.78 is 37.3. The van der Waals surface area contributed by atoms with Crippen LogP contribution in [0.25, 0.3) is 0 Å². The zero-order valence-corrected chi connectivity index (χ0v) is 11.7. The maximum absolute atomic E-state index is 12.4. The molecule has 3 rings (SSSR count). The molecule has 2 fully saturated rings. The molecule has 1 spiro atoms. The van der Waals surface area contributed by atoms with Crippen molar-refractivity contribution >= 4 is 11.8 Å². The van der Waals surface area contributed by atoms with Crippen LogP contribution in [0.2, 0.25) is 0 Å². The van der Waals surface area contributed by atoms with E-state index in [1.54, 1.807) is 4.90 Å². The Morgan fingerprint density at radius 3 is 2.23 bits per heavy atom. The number of alkyl halides is 3. The fourth-order valence-electron chi connectivity index (χ4n) is 2.61. The Morgan fingerprint density at radius 1 is 1.14 bits per heavy atom. The lowest BCUT2D eigenvalue weighted by molar-refractivity contribution is -0.138. The van der Waals surface area contributed by atoms with Gasteiger partial charge in [0, 0.05) is 24.1 Å². The lowest BCUT2D eigenvalue weighted by Crippen LogP contribution is -2.54. The molecule has 2 amide bonds. The largest absolute Gasteiger partial charge is 0.416 e. The van der Waals surface area contributed by atoms with E-state index < -0.39 is 17.6 Å². The van der Waals surface area contributed by atoms with Crippen LogP contribution >= 0.6 is 0 Å². The predicted molar refractivity (Wildman–Crippen MR) is 72.0 cm³/mol. The van der Waals surface area contributed by atoms with Crippen molar-refractivity contribution in [2.45, 2.75) is 19.0 Å². The van der Waals surface area contributed by atoms with Crippen LogP contribution in [0.1, 0.15) is 28.8 Å². The van der Waals surface area contributed by atoms with Crippen molar-refractivity contribution in [1.29, 1.82) is 0 Å². The summed E-state index contributed by atoms with van der Waals surface area (Å²) >= 11 is 0. The summed E-state index contributed by atoms with van der Waals surface area (Å²) in [6.07, 6.45) is -2.11. The van der Waals surface area contributed by atoms with E-state index in [1.165, 1.54) is 0 Å². The molecule has 1 aromatic carbocycles. The van der Waals surface area contributed by atoms with Crippen molar-refractivity contribution < 1.29 is 22.8 Å². The van der Waals surface area contributed by atoms with Crippen molar-refractivity contribution in [3.63, 3.8) is 0 Å². The summed E-state index contributed by atoms with van der Waals surface area (Å²) in [6, 6.07) is 3.91. The zero-order chi connectivity index (χ0) is 16.0. The Bertz CT molecular complexity index is 598. The van der Waals surface area contributed by atoms with Crippen LogP contribution in [0.3, 0.4) is 0 Å². The van der Waals surface area contributed by atoms with Gasteiger partial charge >= 0.3 is 6.18 Å². The van der Waals surface area contributed by atoms with Crippen LogP contribution in [0.4, 0.5) is 13.2 Å². The Kier molecular flexibility index (Phi) is 3.38. The highest BCUT2D eigenvalue weighted by Gasteiger charge is 2.53. The van der Waals surface area contributed by atoms with Crippen LogP contribution in [0.15, 0.2) is 24.3 Å². The second-order valence-corrected chi connectivity index (χ2v) is 6.01. The highest BCUT2D eigenvalue weighted by atomic mass is 19.4. The van der Waals surface area contributed by atoms with Crippen LogP contribution < -0.4 is 5.32 Å². The maximum Gasteiger partial charge on any atom is 0.416 e. The Hall–Kier alpha value is -2.05. The summed E-state index contributed by atoms with van der Waals surface area (Å²) in [5, 5.41) is 2.44. The smallest absolute Gasteiger partial charge is 0.343 e. The molecule has 1 aromatic rings. The molecule has 1 saturated carbocycles. The van der Waals surface area contributed by atoms with Gasteiger partial charge in [-0.15, -0.1) is 0 Å². The monoisotopic (exact) mass is 312 g/mol. The molecule has 0 unspecified atom stereocenters. The minimum absolute atomic E-state index is 0.100. The van der Waals surface area contributed by atoms with Gasteiger partial charge in [0.1, 0.15) is 0 Å². The molecule has 1 saturated heterocycles. The number of rotatable bonds is 3. The molecule has 1 N–H and O–H groups in total. The molecule has 4 nitrogen and oxygen atoms in total. The number of amides is 2. The van der Waals surface area contributed by atoms with Crippen molar-refractivity contribution in [1.82, 2.24) is 10.2 Å². The van der Waals surface area contributed by atoms with Crippen LogP contribution in [0, 0.1) is 5.41 Å². The number of likely N-dealkylation sites (tertiary alicyclic amines) is 1. The summed E-state index contributed by atoms with van der Waals surface area (Å²) in [5.41, 5.74) is -0.355. The number of nitrogens with one attached hydrogen (secondary N) is 1. The molecule has 7 heteroatoms. The number of carbonyl (C=O) groups excluding carboxylic acids is 2. The molecule has 0 bridgehead atoms. The first kappa shape index (κ1) is 14.9. The van der Waals surface area contributed by atoms with Gasteiger partial charge in [0.05, 0.1) is 12.1 Å². The van der Waals surface area contributed by atoms with Crippen molar-refractivity contribution in [2.24, 2.45) is 5.41 Å². The molecular formula is C15H15F3N2O2. The SMILES string of the molecule is O=C(NCC(=O)N1CC2(CC2)C1)c1ccc(C(F)(F)F)cc1. The molecule has 1 aliphatic carbocycles. The molecular weight excluding hydrogens is 297 g/mol. The highest BCUT2D eigenvalue weighted by molar-refractivity contribution is 5.96. The van der Waals surface area contributed by atoms with E-state index in [2.05, 4.69) is 5.32 Å². The number of nitrogens with zero attached hydrogens (tertiary/aromatic N) is 1. The molecule has 22 heavy (non-hydrogen) atoms. The number of carbonyl (C=O) groups is 2. The second-order valence-electron chi connectivity index (χ2n) is 6.01. The van der Waals surface area contributed by atoms with Gasteiger partial charge in [0.15, 0.2) is 0 Å². The summed E-state index contributed by atoms with van der Waals surface area (Å²) in [7, 11) is 0. The Morgan fingerprint density at radius 2 is 1.73 bits per heavy atom. The van der Waals surface area contributed by atoms with Gasteiger partial charge in [-0.25, -0.2) is 0 Å². The average Bonchev–Trinajstić information content (AvgIpc) is 3.22. The third kappa shape index (κ3) is 2.93. The lowest BCUT2D eigenvalue weighted by atomic mass is 9.97. The number of halogens is 3. The van der Waals surface area contributed by atoms with E-state index in [0.29, 0.717) is 5.41 Å². The molecule has 2 aliphatic rings. The van der Waals surface area contributed by atoms with Gasteiger partial charge in [0.25, 0.3) is 5.91 Å². The third-order valence-corrected chi connectivity index (χ3v) is 4.24. The normalized spacial score (nSPS) is 18.8. The quantitative estimate of drug-likeness (QED) is 0.929. The minimum atomic E-state index is -4.43. The molecule has 0 radical (unpaired) electrons. The summed E-state index contributed by atoms with van der Waals surface area (Å²) in [4.78, 5) is 25.3. The number of benzene rings is 1. The average molecular weight is 312 g/mol. The van der Waals surface area contributed by atoms with Crippen LogP contribution in [0.5, 0.6) is 0 Å². The first-order chi connectivity index (χ1) is 10.3. The van der Waals surface area contributed by atoms with Gasteiger partial charge < -0.3 is 10.2 Å². The van der Waals surface area contributed by atoms with E-state index in [-0.39, 0.29) is 18.0 Å². The first-order valence-corrected chi connectivity index (χ1v) is 7.02. The molecule has 0 atom stereocenters. The Balaban J connectivity index is 1.50. The zero-order valence-electron chi connectivity index (χ0n) is 11.7. The van der Waals surface area contributed by atoms with Crippen molar-refractivity contribution in [3.8, 4) is 0 Å². The highest BCUT2D eigenvalue weighted by Crippen LogP contribution is 2.52. The van der Waals surface area contributed by atoms with Gasteiger partial charge in [0.2, 0.25) is 5.91 Å². The third-order valence-electron chi connectivity index (χ3n) is 4.24. The van der Waals surface area contributed by atoms with Gasteiger partial charge in [-0.1, -0.05) is 0 Å².